The molecule has 0 aromatic carbocycles. The van der Waals surface area contributed by atoms with Gasteiger partial charge in [0.2, 0.25) is 0 Å². The smallest absolute Gasteiger partial charge is 0.270 e. The molecule has 2 aromatic heterocycles. The SMILES string of the molecule is CCc1coc2cnc(C(=O)NC3CC4CNC3C4)cc12. The molecule has 1 amide bonds. The largest absolute Gasteiger partial charge is 0.462 e. The van der Waals surface area contributed by atoms with Gasteiger partial charge in [-0.15, -0.1) is 0 Å². The minimum atomic E-state index is -0.0838. The first-order valence-corrected chi connectivity index (χ1v) is 7.65. The summed E-state index contributed by atoms with van der Waals surface area (Å²) in [5.74, 6) is 0.635. The average molecular weight is 285 g/mol. The van der Waals surface area contributed by atoms with Crippen LogP contribution in [0, 0.1) is 5.92 Å². The molecule has 0 spiro atoms. The minimum absolute atomic E-state index is 0.0838. The normalized spacial score (nSPS) is 27.4. The zero-order valence-corrected chi connectivity index (χ0v) is 12.1. The second-order valence-electron chi connectivity index (χ2n) is 6.11. The fourth-order valence-electron chi connectivity index (χ4n) is 3.64. The highest BCUT2D eigenvalue weighted by Gasteiger charge is 2.40. The Morgan fingerprint density at radius 1 is 1.52 bits per heavy atom. The van der Waals surface area contributed by atoms with Gasteiger partial charge in [0, 0.05) is 17.5 Å². The zero-order valence-electron chi connectivity index (χ0n) is 12.1. The summed E-state index contributed by atoms with van der Waals surface area (Å²) < 4.78 is 5.44. The fraction of sp³-hybridized carbons (Fsp3) is 0.500. The number of pyridine rings is 1. The molecule has 1 saturated carbocycles. The highest BCUT2D eigenvalue weighted by molar-refractivity contribution is 5.96. The van der Waals surface area contributed by atoms with E-state index >= 15 is 0 Å². The van der Waals surface area contributed by atoms with Crippen LogP contribution in [-0.2, 0) is 6.42 Å². The molecule has 2 fully saturated rings. The van der Waals surface area contributed by atoms with E-state index in [0.29, 0.717) is 11.7 Å². The molecule has 110 valence electrons. The van der Waals surface area contributed by atoms with Gasteiger partial charge in [0.1, 0.15) is 5.69 Å². The molecule has 5 nitrogen and oxygen atoms in total. The number of amides is 1. The van der Waals surface area contributed by atoms with E-state index in [1.807, 2.05) is 6.07 Å². The third-order valence-corrected chi connectivity index (χ3v) is 4.80. The molecule has 1 aliphatic carbocycles. The maximum absolute atomic E-state index is 12.4. The Kier molecular flexibility index (Phi) is 2.96. The molecule has 2 bridgehead atoms. The second-order valence-corrected chi connectivity index (χ2v) is 6.11. The molecular weight excluding hydrogens is 266 g/mol. The zero-order chi connectivity index (χ0) is 14.4. The molecule has 2 N–H and O–H groups in total. The number of aryl methyl sites for hydroxylation is 1. The summed E-state index contributed by atoms with van der Waals surface area (Å²) >= 11 is 0. The lowest BCUT2D eigenvalue weighted by molar-refractivity contribution is 0.0923. The van der Waals surface area contributed by atoms with Crippen molar-refractivity contribution >= 4 is 16.9 Å². The first-order valence-electron chi connectivity index (χ1n) is 7.65. The van der Waals surface area contributed by atoms with E-state index in [4.69, 9.17) is 4.42 Å². The van der Waals surface area contributed by atoms with Crippen molar-refractivity contribution in [3.8, 4) is 0 Å². The molecule has 4 rings (SSSR count). The molecule has 21 heavy (non-hydrogen) atoms. The lowest BCUT2D eigenvalue weighted by Crippen LogP contribution is -2.48. The number of rotatable bonds is 3. The summed E-state index contributed by atoms with van der Waals surface area (Å²) in [5, 5.41) is 7.57. The molecule has 0 radical (unpaired) electrons. The van der Waals surface area contributed by atoms with Crippen molar-refractivity contribution in [2.75, 3.05) is 6.54 Å². The van der Waals surface area contributed by atoms with Crippen molar-refractivity contribution < 1.29 is 9.21 Å². The Balaban J connectivity index is 1.56. The van der Waals surface area contributed by atoms with Gasteiger partial charge in [-0.05, 0) is 43.4 Å². The van der Waals surface area contributed by atoms with Crippen molar-refractivity contribution in [2.24, 2.45) is 5.92 Å². The average Bonchev–Trinajstić information content (AvgIpc) is 3.21. The molecule has 1 aliphatic heterocycles. The van der Waals surface area contributed by atoms with Gasteiger partial charge in [0.05, 0.1) is 12.5 Å². The van der Waals surface area contributed by atoms with Crippen LogP contribution in [0.4, 0.5) is 0 Å². The number of nitrogens with one attached hydrogen (secondary N) is 2. The standard InChI is InChI=1S/C16H19N3O2/c1-2-10-8-21-15-7-18-14(5-11(10)15)16(20)19-13-4-9-3-12(13)17-6-9/h5,7-9,12-13,17H,2-4,6H2,1H3,(H,19,20). The predicted octanol–water partition coefficient (Wildman–Crippen LogP) is 1.87. The van der Waals surface area contributed by atoms with E-state index < -0.39 is 0 Å². The van der Waals surface area contributed by atoms with Gasteiger partial charge in [0.15, 0.2) is 5.58 Å². The van der Waals surface area contributed by atoms with Gasteiger partial charge in [-0.1, -0.05) is 6.92 Å². The molecule has 2 aliphatic rings. The van der Waals surface area contributed by atoms with E-state index in [1.165, 1.54) is 6.42 Å². The van der Waals surface area contributed by atoms with Gasteiger partial charge < -0.3 is 15.1 Å². The molecule has 3 unspecified atom stereocenters. The first kappa shape index (κ1) is 12.8. The van der Waals surface area contributed by atoms with E-state index in [-0.39, 0.29) is 11.9 Å². The highest BCUT2D eigenvalue weighted by Crippen LogP contribution is 2.31. The maximum atomic E-state index is 12.4. The van der Waals surface area contributed by atoms with E-state index in [0.717, 1.165) is 41.8 Å². The number of fused-ring (bicyclic) bond motifs is 3. The Hall–Kier alpha value is -1.88. The summed E-state index contributed by atoms with van der Waals surface area (Å²) in [6, 6.07) is 2.51. The molecule has 2 aromatic rings. The van der Waals surface area contributed by atoms with Crippen LogP contribution >= 0.6 is 0 Å². The third kappa shape index (κ3) is 2.12. The van der Waals surface area contributed by atoms with Crippen LogP contribution < -0.4 is 10.6 Å². The van der Waals surface area contributed by atoms with E-state index in [2.05, 4.69) is 22.5 Å². The quantitative estimate of drug-likeness (QED) is 0.903. The topological polar surface area (TPSA) is 67.2 Å². The Labute approximate surface area is 123 Å². The Bertz CT molecular complexity index is 694. The third-order valence-electron chi connectivity index (χ3n) is 4.80. The van der Waals surface area contributed by atoms with Crippen LogP contribution in [-0.4, -0.2) is 29.5 Å². The molecule has 3 atom stereocenters. The van der Waals surface area contributed by atoms with E-state index in [9.17, 15) is 4.79 Å². The van der Waals surface area contributed by atoms with Crippen LogP contribution in [0.1, 0.15) is 35.8 Å². The molecule has 3 heterocycles. The summed E-state index contributed by atoms with van der Waals surface area (Å²) in [4.78, 5) is 16.6. The number of piperidine rings is 1. The summed E-state index contributed by atoms with van der Waals surface area (Å²) in [6.07, 6.45) is 6.53. The number of furan rings is 1. The summed E-state index contributed by atoms with van der Waals surface area (Å²) in [7, 11) is 0. The van der Waals surface area contributed by atoms with Crippen LogP contribution in [0.25, 0.3) is 11.0 Å². The number of nitrogens with zero attached hydrogens (tertiary/aromatic N) is 1. The van der Waals surface area contributed by atoms with Crippen molar-refractivity contribution in [1.29, 1.82) is 0 Å². The van der Waals surface area contributed by atoms with Gasteiger partial charge in [-0.2, -0.15) is 0 Å². The van der Waals surface area contributed by atoms with Gasteiger partial charge in [-0.25, -0.2) is 4.98 Å². The molecule has 1 saturated heterocycles. The number of carbonyl (C=O) groups is 1. The van der Waals surface area contributed by atoms with Gasteiger partial charge in [0.25, 0.3) is 5.91 Å². The lowest BCUT2D eigenvalue weighted by Gasteiger charge is -2.23. The fourth-order valence-corrected chi connectivity index (χ4v) is 3.64. The Morgan fingerprint density at radius 2 is 2.43 bits per heavy atom. The lowest BCUT2D eigenvalue weighted by atomic mass is 10.1. The van der Waals surface area contributed by atoms with Crippen LogP contribution in [0.2, 0.25) is 0 Å². The predicted molar refractivity (Wildman–Crippen MR) is 79.2 cm³/mol. The maximum Gasteiger partial charge on any atom is 0.270 e. The second kappa shape index (κ2) is 4.84. The summed E-state index contributed by atoms with van der Waals surface area (Å²) in [6.45, 7) is 3.17. The first-order chi connectivity index (χ1) is 10.2. The van der Waals surface area contributed by atoms with Crippen molar-refractivity contribution in [1.82, 2.24) is 15.6 Å². The van der Waals surface area contributed by atoms with Crippen molar-refractivity contribution in [3.63, 3.8) is 0 Å². The monoisotopic (exact) mass is 285 g/mol. The number of hydrogen-bond acceptors (Lipinski definition) is 4. The van der Waals surface area contributed by atoms with Crippen LogP contribution in [0.3, 0.4) is 0 Å². The van der Waals surface area contributed by atoms with Crippen LogP contribution in [0.15, 0.2) is 22.9 Å². The van der Waals surface area contributed by atoms with E-state index in [1.54, 1.807) is 12.5 Å². The molecular formula is C16H19N3O2. The van der Waals surface area contributed by atoms with Crippen molar-refractivity contribution in [2.45, 2.75) is 38.3 Å². The number of carbonyl (C=O) groups excluding carboxylic acids is 1. The van der Waals surface area contributed by atoms with Gasteiger partial charge >= 0.3 is 0 Å². The minimum Gasteiger partial charge on any atom is -0.462 e. The van der Waals surface area contributed by atoms with Crippen molar-refractivity contribution in [3.05, 3.63) is 29.8 Å². The highest BCUT2D eigenvalue weighted by atomic mass is 16.3. The summed E-state index contributed by atoms with van der Waals surface area (Å²) in [5.41, 5.74) is 2.33. The number of aromatic nitrogens is 1. The number of hydrogen-bond donors (Lipinski definition) is 2. The van der Waals surface area contributed by atoms with Gasteiger partial charge in [-0.3, -0.25) is 4.79 Å². The molecule has 5 heteroatoms. The Morgan fingerprint density at radius 3 is 3.14 bits per heavy atom. The van der Waals surface area contributed by atoms with Crippen LogP contribution in [0.5, 0.6) is 0 Å².